The van der Waals surface area contributed by atoms with Crippen LogP contribution in [0.5, 0.6) is 0 Å². The Bertz CT molecular complexity index is 671. The van der Waals surface area contributed by atoms with Crippen LogP contribution in [0.25, 0.3) is 10.7 Å². The van der Waals surface area contributed by atoms with Gasteiger partial charge in [0.2, 0.25) is 5.91 Å². The number of likely N-dealkylation sites (N-methyl/N-ethyl adjacent to an activating group) is 1. The molecule has 6 heteroatoms. The summed E-state index contributed by atoms with van der Waals surface area (Å²) in [6.07, 6.45) is 6.74. The summed E-state index contributed by atoms with van der Waals surface area (Å²) in [5.74, 6) is 0.0617. The highest BCUT2D eigenvalue weighted by atomic mass is 32.1. The number of carbonyl (C=O) groups is 1. The fourth-order valence-electron chi connectivity index (χ4n) is 3.32. The van der Waals surface area contributed by atoms with Gasteiger partial charge in [-0.3, -0.25) is 9.78 Å². The second-order valence-electron chi connectivity index (χ2n) is 6.53. The lowest BCUT2D eigenvalue weighted by Crippen LogP contribution is -2.51. The highest BCUT2D eigenvalue weighted by molar-refractivity contribution is 7.13. The summed E-state index contributed by atoms with van der Waals surface area (Å²) < 4.78 is 0. The van der Waals surface area contributed by atoms with Crippen molar-refractivity contribution >= 4 is 17.2 Å². The van der Waals surface area contributed by atoms with Crippen molar-refractivity contribution in [1.82, 2.24) is 20.2 Å². The molecule has 0 spiro atoms. The molecule has 0 radical (unpaired) electrons. The molecule has 0 unspecified atom stereocenters. The van der Waals surface area contributed by atoms with Crippen LogP contribution < -0.4 is 5.32 Å². The second-order valence-corrected chi connectivity index (χ2v) is 7.38. The zero-order valence-corrected chi connectivity index (χ0v) is 15.1. The molecule has 3 rings (SSSR count). The fourth-order valence-corrected chi connectivity index (χ4v) is 4.11. The maximum absolute atomic E-state index is 12.4. The van der Waals surface area contributed by atoms with Crippen LogP contribution in [0.1, 0.15) is 31.4 Å². The zero-order chi connectivity index (χ0) is 16.9. The van der Waals surface area contributed by atoms with Gasteiger partial charge in [0.15, 0.2) is 0 Å². The number of nitrogens with zero attached hydrogens (tertiary/aromatic N) is 3. The van der Waals surface area contributed by atoms with Gasteiger partial charge in [0.1, 0.15) is 5.01 Å². The highest BCUT2D eigenvalue weighted by Crippen LogP contribution is 2.23. The maximum Gasteiger partial charge on any atom is 0.226 e. The molecular formula is C18H24N4OS. The van der Waals surface area contributed by atoms with E-state index in [-0.39, 0.29) is 11.9 Å². The number of amides is 1. The molecule has 0 aliphatic heterocycles. The summed E-state index contributed by atoms with van der Waals surface area (Å²) in [5, 5.41) is 6.03. The average molecular weight is 344 g/mol. The van der Waals surface area contributed by atoms with Gasteiger partial charge in [0.25, 0.3) is 0 Å². The third-order valence-corrected chi connectivity index (χ3v) is 5.43. The van der Waals surface area contributed by atoms with Gasteiger partial charge in [-0.15, -0.1) is 11.3 Å². The van der Waals surface area contributed by atoms with Gasteiger partial charge >= 0.3 is 0 Å². The lowest BCUT2D eigenvalue weighted by atomic mass is 9.89. The molecule has 1 aliphatic rings. The first-order valence-corrected chi connectivity index (χ1v) is 9.33. The highest BCUT2D eigenvalue weighted by Gasteiger charge is 2.28. The largest absolute Gasteiger partial charge is 0.351 e. The molecule has 1 aliphatic carbocycles. The molecule has 0 aromatic carbocycles. The van der Waals surface area contributed by atoms with Crippen molar-refractivity contribution in [3.63, 3.8) is 0 Å². The van der Waals surface area contributed by atoms with Gasteiger partial charge in [0.05, 0.1) is 17.8 Å². The van der Waals surface area contributed by atoms with Crippen molar-refractivity contribution in [3.05, 3.63) is 35.5 Å². The first-order valence-electron chi connectivity index (χ1n) is 8.45. The first-order chi connectivity index (χ1) is 11.6. The molecule has 1 saturated carbocycles. The predicted octanol–water partition coefficient (Wildman–Crippen LogP) is 2.74. The molecule has 24 heavy (non-hydrogen) atoms. The number of hydrogen-bond donors (Lipinski definition) is 1. The Kier molecular flexibility index (Phi) is 5.58. The summed E-state index contributed by atoms with van der Waals surface area (Å²) in [6.45, 7) is 0. The van der Waals surface area contributed by atoms with E-state index in [1.807, 2.05) is 23.6 Å². The van der Waals surface area contributed by atoms with E-state index >= 15 is 0 Å². The number of pyridine rings is 1. The Balaban J connectivity index is 1.60. The van der Waals surface area contributed by atoms with Crippen LogP contribution in [0, 0.1) is 0 Å². The van der Waals surface area contributed by atoms with Crippen LogP contribution in [0.3, 0.4) is 0 Å². The third kappa shape index (κ3) is 4.19. The van der Waals surface area contributed by atoms with E-state index < -0.39 is 0 Å². The van der Waals surface area contributed by atoms with E-state index in [0.29, 0.717) is 12.5 Å². The molecule has 5 nitrogen and oxygen atoms in total. The molecule has 2 aromatic heterocycles. The minimum Gasteiger partial charge on any atom is -0.351 e. The number of rotatable bonds is 5. The van der Waals surface area contributed by atoms with E-state index in [2.05, 4.69) is 34.3 Å². The van der Waals surface area contributed by atoms with E-state index in [1.54, 1.807) is 6.20 Å². The maximum atomic E-state index is 12.4. The molecule has 1 fully saturated rings. The predicted molar refractivity (Wildman–Crippen MR) is 96.9 cm³/mol. The monoisotopic (exact) mass is 344 g/mol. The quantitative estimate of drug-likeness (QED) is 0.906. The summed E-state index contributed by atoms with van der Waals surface area (Å²) in [4.78, 5) is 23.5. The topological polar surface area (TPSA) is 58.1 Å². The van der Waals surface area contributed by atoms with E-state index in [9.17, 15) is 4.79 Å². The molecular weight excluding hydrogens is 320 g/mol. The van der Waals surface area contributed by atoms with Gasteiger partial charge in [0, 0.05) is 23.7 Å². The molecule has 2 heterocycles. The number of hydrogen-bond acceptors (Lipinski definition) is 5. The van der Waals surface area contributed by atoms with Crippen molar-refractivity contribution in [2.24, 2.45) is 0 Å². The molecule has 128 valence electrons. The second kappa shape index (κ2) is 7.85. The molecule has 0 bridgehead atoms. The van der Waals surface area contributed by atoms with Crippen LogP contribution in [0.15, 0.2) is 29.8 Å². The van der Waals surface area contributed by atoms with Crippen molar-refractivity contribution < 1.29 is 4.79 Å². The Morgan fingerprint density at radius 2 is 2.17 bits per heavy atom. The standard InChI is InChI=1S/C18H24N4OS/c1-22(2)16-9-4-3-7-14(16)21-17(23)11-13-12-24-18(20-13)15-8-5-6-10-19-15/h5-6,8,10,12,14,16H,3-4,7,9,11H2,1-2H3,(H,21,23)/t14-,16+/m1/s1. The molecule has 1 amide bonds. The van der Waals surface area contributed by atoms with Crippen molar-refractivity contribution in [2.75, 3.05) is 14.1 Å². The van der Waals surface area contributed by atoms with E-state index in [0.717, 1.165) is 29.2 Å². The molecule has 2 aromatic rings. The van der Waals surface area contributed by atoms with Gasteiger partial charge < -0.3 is 10.2 Å². The SMILES string of the molecule is CN(C)[C@H]1CCCC[C@H]1NC(=O)Cc1csc(-c2ccccn2)n1. The van der Waals surface area contributed by atoms with E-state index in [1.165, 1.54) is 24.2 Å². The van der Waals surface area contributed by atoms with Crippen molar-refractivity contribution in [2.45, 2.75) is 44.2 Å². The van der Waals surface area contributed by atoms with Crippen molar-refractivity contribution in [3.8, 4) is 10.7 Å². The number of carbonyl (C=O) groups excluding carboxylic acids is 1. The molecule has 0 saturated heterocycles. The Hall–Kier alpha value is -1.79. The number of thiazole rings is 1. The van der Waals surface area contributed by atoms with Gasteiger partial charge in [-0.05, 0) is 39.1 Å². The molecule has 1 N–H and O–H groups in total. The minimum absolute atomic E-state index is 0.0617. The summed E-state index contributed by atoms with van der Waals surface area (Å²) in [7, 11) is 4.18. The summed E-state index contributed by atoms with van der Waals surface area (Å²) in [5.41, 5.74) is 1.67. The zero-order valence-electron chi connectivity index (χ0n) is 14.2. The number of nitrogens with one attached hydrogen (secondary N) is 1. The fraction of sp³-hybridized carbons (Fsp3) is 0.500. The van der Waals surface area contributed by atoms with Crippen molar-refractivity contribution in [1.29, 1.82) is 0 Å². The van der Waals surface area contributed by atoms with Gasteiger partial charge in [-0.2, -0.15) is 0 Å². The lowest BCUT2D eigenvalue weighted by Gasteiger charge is -2.36. The normalized spacial score (nSPS) is 21.0. The lowest BCUT2D eigenvalue weighted by molar-refractivity contribution is -0.121. The van der Waals surface area contributed by atoms with Crippen LogP contribution in [0.2, 0.25) is 0 Å². The Morgan fingerprint density at radius 3 is 2.92 bits per heavy atom. The summed E-state index contributed by atoms with van der Waals surface area (Å²) >= 11 is 1.53. The first kappa shape index (κ1) is 17.0. The van der Waals surface area contributed by atoms with Crippen LogP contribution in [-0.2, 0) is 11.2 Å². The minimum atomic E-state index is 0.0617. The molecule has 2 atom stereocenters. The van der Waals surface area contributed by atoms with Gasteiger partial charge in [-0.25, -0.2) is 4.98 Å². The Morgan fingerprint density at radius 1 is 1.33 bits per heavy atom. The van der Waals surface area contributed by atoms with Crippen LogP contribution >= 0.6 is 11.3 Å². The average Bonchev–Trinajstić information content (AvgIpc) is 3.04. The Labute approximate surface area is 147 Å². The van der Waals surface area contributed by atoms with Gasteiger partial charge in [-0.1, -0.05) is 18.9 Å². The third-order valence-electron chi connectivity index (χ3n) is 4.52. The summed E-state index contributed by atoms with van der Waals surface area (Å²) in [6, 6.07) is 6.45. The smallest absolute Gasteiger partial charge is 0.226 e. The van der Waals surface area contributed by atoms with Crippen LogP contribution in [-0.4, -0.2) is 47.0 Å². The van der Waals surface area contributed by atoms with E-state index in [4.69, 9.17) is 0 Å². The number of aromatic nitrogens is 2. The van der Waals surface area contributed by atoms with Crippen LogP contribution in [0.4, 0.5) is 0 Å².